The molecule has 2 saturated heterocycles. The number of rotatable bonds is 7. The Labute approximate surface area is 189 Å². The molecule has 2 N–H and O–H groups in total. The number of aromatic nitrogens is 1. The molecule has 2 fully saturated rings. The van der Waals surface area contributed by atoms with Gasteiger partial charge in [-0.15, -0.1) is 0 Å². The summed E-state index contributed by atoms with van der Waals surface area (Å²) in [5.74, 6) is 0.958. The molecular weight excluding hydrogens is 410 g/mol. The van der Waals surface area contributed by atoms with Gasteiger partial charge in [0.05, 0.1) is 17.2 Å². The van der Waals surface area contributed by atoms with Crippen LogP contribution in [0.1, 0.15) is 38.8 Å². The van der Waals surface area contributed by atoms with Crippen molar-refractivity contribution in [3.05, 3.63) is 47.2 Å². The molecule has 2 aliphatic heterocycles. The van der Waals surface area contributed by atoms with Gasteiger partial charge in [0, 0.05) is 48.6 Å². The lowest BCUT2D eigenvalue weighted by Crippen LogP contribution is -2.32. The van der Waals surface area contributed by atoms with Gasteiger partial charge in [-0.3, -0.25) is 9.78 Å². The number of hydrogen-bond donors (Lipinski definition) is 2. The minimum atomic E-state index is 0.101. The Morgan fingerprint density at radius 3 is 2.81 bits per heavy atom. The molecule has 0 radical (unpaired) electrons. The summed E-state index contributed by atoms with van der Waals surface area (Å²) < 4.78 is 5.85. The summed E-state index contributed by atoms with van der Waals surface area (Å²) >= 11 is 6.49. The lowest BCUT2D eigenvalue weighted by molar-refractivity contribution is -0.121. The van der Waals surface area contributed by atoms with Crippen molar-refractivity contribution in [2.75, 3.05) is 25.0 Å². The van der Waals surface area contributed by atoms with Gasteiger partial charge in [-0.25, -0.2) is 0 Å². The monoisotopic (exact) mass is 441 g/mol. The van der Waals surface area contributed by atoms with E-state index in [4.69, 9.17) is 16.3 Å². The number of carbonyl (C=O) groups excluding carboxylic acids is 1. The van der Waals surface area contributed by atoms with Crippen LogP contribution in [-0.4, -0.2) is 42.6 Å². The summed E-state index contributed by atoms with van der Waals surface area (Å²) in [6.07, 6.45) is 5.74. The molecule has 0 aliphatic carbocycles. The molecule has 0 spiro atoms. The van der Waals surface area contributed by atoms with Crippen molar-refractivity contribution in [2.24, 2.45) is 11.8 Å². The summed E-state index contributed by atoms with van der Waals surface area (Å²) in [5, 5.41) is 7.45. The Morgan fingerprint density at radius 1 is 1.26 bits per heavy atom. The summed E-state index contributed by atoms with van der Waals surface area (Å²) in [6, 6.07) is 10.3. The average Bonchev–Trinajstić information content (AvgIpc) is 3.28. The van der Waals surface area contributed by atoms with Crippen molar-refractivity contribution in [3.8, 4) is 11.1 Å². The first kappa shape index (κ1) is 22.3. The molecule has 0 bridgehead atoms. The number of ether oxygens (including phenoxy) is 1. The topological polar surface area (TPSA) is 63.2 Å². The smallest absolute Gasteiger partial charge is 0.143 e. The highest BCUT2D eigenvalue weighted by molar-refractivity contribution is 6.33. The van der Waals surface area contributed by atoms with Crippen LogP contribution in [0.25, 0.3) is 11.1 Å². The van der Waals surface area contributed by atoms with Crippen molar-refractivity contribution in [2.45, 2.75) is 51.7 Å². The minimum Gasteiger partial charge on any atom is -0.385 e. The molecule has 166 valence electrons. The maximum Gasteiger partial charge on any atom is 0.143 e. The quantitative estimate of drug-likeness (QED) is 0.649. The highest BCUT2D eigenvalue weighted by Gasteiger charge is 2.24. The van der Waals surface area contributed by atoms with Gasteiger partial charge in [-0.05, 0) is 69.3 Å². The number of anilines is 1. The molecule has 3 heterocycles. The van der Waals surface area contributed by atoms with Crippen LogP contribution in [0.5, 0.6) is 0 Å². The number of nitrogens with one attached hydrogen (secondary N) is 2. The SMILES string of the molecule is C[C@@H]1CC(CNc2cccc(-c3cc(CC(=O)[C@@H]4CCNC4)ncc3Cl)c2)C[C@H](C)O1. The van der Waals surface area contributed by atoms with Crippen molar-refractivity contribution in [1.82, 2.24) is 10.3 Å². The molecule has 4 rings (SSSR count). The van der Waals surface area contributed by atoms with E-state index in [1.807, 2.05) is 12.1 Å². The third-order valence-corrected chi connectivity index (χ3v) is 6.65. The van der Waals surface area contributed by atoms with E-state index in [1.165, 1.54) is 0 Å². The zero-order valence-corrected chi connectivity index (χ0v) is 19.1. The van der Waals surface area contributed by atoms with E-state index in [1.54, 1.807) is 6.20 Å². The minimum absolute atomic E-state index is 0.101. The number of Topliss-reactive ketones (excluding diaryl/α,β-unsaturated/α-hetero) is 1. The van der Waals surface area contributed by atoms with Crippen molar-refractivity contribution < 1.29 is 9.53 Å². The number of nitrogens with zero attached hydrogens (tertiary/aromatic N) is 1. The zero-order chi connectivity index (χ0) is 21.8. The lowest BCUT2D eigenvalue weighted by atomic mass is 9.92. The van der Waals surface area contributed by atoms with E-state index >= 15 is 0 Å². The summed E-state index contributed by atoms with van der Waals surface area (Å²) in [5.41, 5.74) is 3.80. The maximum atomic E-state index is 12.6. The fraction of sp³-hybridized carbons (Fsp3) is 0.520. The van der Waals surface area contributed by atoms with E-state index < -0.39 is 0 Å². The fourth-order valence-electron chi connectivity index (χ4n) is 4.82. The Kier molecular flexibility index (Phi) is 7.26. The van der Waals surface area contributed by atoms with Gasteiger partial charge in [-0.2, -0.15) is 0 Å². The molecule has 0 saturated carbocycles. The molecule has 5 nitrogen and oxygen atoms in total. The second-order valence-electron chi connectivity index (χ2n) is 9.04. The number of hydrogen-bond acceptors (Lipinski definition) is 5. The van der Waals surface area contributed by atoms with Gasteiger partial charge >= 0.3 is 0 Å². The molecular formula is C25H32ClN3O2. The molecule has 31 heavy (non-hydrogen) atoms. The second-order valence-corrected chi connectivity index (χ2v) is 9.45. The van der Waals surface area contributed by atoms with E-state index in [0.717, 1.165) is 61.4 Å². The largest absolute Gasteiger partial charge is 0.385 e. The summed E-state index contributed by atoms with van der Waals surface area (Å²) in [7, 11) is 0. The van der Waals surface area contributed by atoms with Crippen LogP contribution < -0.4 is 10.6 Å². The number of ketones is 1. The van der Waals surface area contributed by atoms with Crippen LogP contribution in [0.4, 0.5) is 5.69 Å². The van der Waals surface area contributed by atoms with Gasteiger partial charge in [0.15, 0.2) is 0 Å². The first-order valence-corrected chi connectivity index (χ1v) is 11.7. The van der Waals surface area contributed by atoms with Crippen molar-refractivity contribution >= 4 is 23.1 Å². The maximum absolute atomic E-state index is 12.6. The van der Waals surface area contributed by atoms with Crippen LogP contribution >= 0.6 is 11.6 Å². The van der Waals surface area contributed by atoms with Crippen LogP contribution in [0.15, 0.2) is 36.5 Å². The second kappa shape index (κ2) is 10.1. The van der Waals surface area contributed by atoms with Crippen LogP contribution in [-0.2, 0) is 16.0 Å². The van der Waals surface area contributed by atoms with Crippen LogP contribution in [0.2, 0.25) is 5.02 Å². The van der Waals surface area contributed by atoms with E-state index in [2.05, 4.69) is 47.7 Å². The number of benzene rings is 1. The zero-order valence-electron chi connectivity index (χ0n) is 18.4. The summed E-state index contributed by atoms with van der Waals surface area (Å²) in [4.78, 5) is 17.0. The normalized spacial score (nSPS) is 26.0. The fourth-order valence-corrected chi connectivity index (χ4v) is 5.03. The Hall–Kier alpha value is -1.95. The summed E-state index contributed by atoms with van der Waals surface area (Å²) in [6.45, 7) is 6.93. The van der Waals surface area contributed by atoms with Crippen molar-refractivity contribution in [1.29, 1.82) is 0 Å². The van der Waals surface area contributed by atoms with Gasteiger partial charge in [0.25, 0.3) is 0 Å². The highest BCUT2D eigenvalue weighted by Crippen LogP contribution is 2.31. The molecule has 2 aromatic rings. The molecule has 1 aromatic carbocycles. The number of carbonyl (C=O) groups is 1. The third-order valence-electron chi connectivity index (χ3n) is 6.35. The Bertz CT molecular complexity index is 903. The molecule has 4 atom stereocenters. The molecule has 1 unspecified atom stereocenters. The Balaban J connectivity index is 1.44. The molecule has 2 aliphatic rings. The molecule has 0 amide bonds. The van der Waals surface area contributed by atoms with Gasteiger partial charge in [0.2, 0.25) is 0 Å². The van der Waals surface area contributed by atoms with E-state index in [-0.39, 0.29) is 11.7 Å². The first-order valence-electron chi connectivity index (χ1n) is 11.4. The Morgan fingerprint density at radius 2 is 2.06 bits per heavy atom. The van der Waals surface area contributed by atoms with Crippen LogP contribution in [0.3, 0.4) is 0 Å². The number of pyridine rings is 1. The van der Waals surface area contributed by atoms with Gasteiger partial charge in [-0.1, -0.05) is 23.7 Å². The van der Waals surface area contributed by atoms with Gasteiger partial charge < -0.3 is 15.4 Å². The molecule has 6 heteroatoms. The number of halogens is 1. The third kappa shape index (κ3) is 5.85. The predicted molar refractivity (Wildman–Crippen MR) is 126 cm³/mol. The van der Waals surface area contributed by atoms with Crippen LogP contribution in [0, 0.1) is 11.8 Å². The van der Waals surface area contributed by atoms with Crippen molar-refractivity contribution in [3.63, 3.8) is 0 Å². The lowest BCUT2D eigenvalue weighted by Gasteiger charge is -2.32. The van der Waals surface area contributed by atoms with E-state index in [9.17, 15) is 4.79 Å². The predicted octanol–water partition coefficient (Wildman–Crippen LogP) is 4.74. The highest BCUT2D eigenvalue weighted by atomic mass is 35.5. The average molecular weight is 442 g/mol. The molecule has 1 aromatic heterocycles. The van der Waals surface area contributed by atoms with Gasteiger partial charge in [0.1, 0.15) is 5.78 Å². The standard InChI is InChI=1S/C25H32ClN3O2/c1-16-8-18(9-17(2)31-16)13-28-21-5-3-4-19(10-21)23-11-22(29-15-24(23)26)12-25(30)20-6-7-27-14-20/h3-5,10-11,15-18,20,27-28H,6-9,12-14H2,1-2H3/t16-,17+,18?,20-/m1/s1. The first-order chi connectivity index (χ1) is 15.0. The van der Waals surface area contributed by atoms with E-state index in [0.29, 0.717) is 29.6 Å².